The van der Waals surface area contributed by atoms with Gasteiger partial charge in [-0.3, -0.25) is 4.79 Å². The normalized spacial score (nSPS) is 19.9. The third-order valence-electron chi connectivity index (χ3n) is 7.09. The minimum atomic E-state index is -3.49. The Morgan fingerprint density at radius 3 is 2.36 bits per heavy atom. The van der Waals surface area contributed by atoms with Crippen LogP contribution in [0.5, 0.6) is 0 Å². The van der Waals surface area contributed by atoms with Crippen molar-refractivity contribution in [2.45, 2.75) is 69.2 Å². The maximum Gasteiger partial charge on any atom is 0.243 e. The first-order valence-corrected chi connectivity index (χ1v) is 14.0. The average Bonchev–Trinajstić information content (AvgIpc) is 3.05. The summed E-state index contributed by atoms with van der Waals surface area (Å²) in [5.74, 6) is -0.00703. The second-order valence-corrected chi connectivity index (χ2v) is 11.4. The fraction of sp³-hybridized carbons (Fsp3) is 0.640. The minimum Gasteiger partial charge on any atom is -0.354 e. The molecular weight excluding hydrogens is 436 g/mol. The lowest BCUT2D eigenvalue weighted by Gasteiger charge is -2.26. The molecule has 2 saturated heterocycles. The summed E-state index contributed by atoms with van der Waals surface area (Å²) in [6.07, 6.45) is 10.8. The van der Waals surface area contributed by atoms with Crippen molar-refractivity contribution in [1.82, 2.24) is 19.1 Å². The Hall–Kier alpha value is -1.90. The van der Waals surface area contributed by atoms with Gasteiger partial charge < -0.3 is 14.8 Å². The molecule has 0 bridgehead atoms. The Kier molecular flexibility index (Phi) is 8.09. The number of aromatic nitrogens is 1. The molecule has 0 radical (unpaired) electrons. The number of hydrogen-bond donors (Lipinski definition) is 1. The van der Waals surface area contributed by atoms with Crippen molar-refractivity contribution in [3.05, 3.63) is 30.5 Å². The molecule has 4 rings (SSSR count). The number of hydrogen-bond acceptors (Lipinski definition) is 4. The summed E-state index contributed by atoms with van der Waals surface area (Å²) in [7, 11) is -3.49. The van der Waals surface area contributed by atoms with Crippen LogP contribution in [0.1, 0.15) is 64.3 Å². The molecule has 0 aliphatic carbocycles. The molecule has 1 aromatic heterocycles. The fourth-order valence-corrected chi connectivity index (χ4v) is 6.60. The van der Waals surface area contributed by atoms with E-state index >= 15 is 0 Å². The smallest absolute Gasteiger partial charge is 0.243 e. The number of piperidine rings is 1. The van der Waals surface area contributed by atoms with Gasteiger partial charge in [0.25, 0.3) is 0 Å². The SMILES string of the molecule is C[C@@H](C(=O)NCCCN1CCCCC1)n1ccc2cc(S(=O)(=O)N3CCCCCC3)ccc21. The first kappa shape index (κ1) is 24.2. The summed E-state index contributed by atoms with van der Waals surface area (Å²) in [4.78, 5) is 15.6. The van der Waals surface area contributed by atoms with Gasteiger partial charge in [0.05, 0.1) is 4.90 Å². The highest BCUT2D eigenvalue weighted by molar-refractivity contribution is 7.89. The molecule has 1 atom stereocenters. The zero-order valence-corrected chi connectivity index (χ0v) is 20.7. The van der Waals surface area contributed by atoms with Crippen molar-refractivity contribution in [2.24, 2.45) is 0 Å². The number of rotatable bonds is 8. The van der Waals surface area contributed by atoms with Crippen LogP contribution in [0.15, 0.2) is 35.4 Å². The van der Waals surface area contributed by atoms with Gasteiger partial charge in [-0.05, 0) is 82.9 Å². The highest BCUT2D eigenvalue weighted by atomic mass is 32.2. The number of carbonyl (C=O) groups is 1. The van der Waals surface area contributed by atoms with E-state index < -0.39 is 10.0 Å². The number of sulfonamides is 1. The molecule has 2 aromatic rings. The number of amides is 1. The van der Waals surface area contributed by atoms with Gasteiger partial charge in [-0.25, -0.2) is 8.42 Å². The Balaban J connectivity index is 1.38. The molecule has 182 valence electrons. The lowest BCUT2D eigenvalue weighted by Crippen LogP contribution is -2.35. The van der Waals surface area contributed by atoms with Crippen LogP contribution in [0.3, 0.4) is 0 Å². The molecule has 8 heteroatoms. The van der Waals surface area contributed by atoms with Crippen molar-refractivity contribution in [3.63, 3.8) is 0 Å². The predicted octanol–water partition coefficient (Wildman–Crippen LogP) is 3.76. The predicted molar refractivity (Wildman–Crippen MR) is 132 cm³/mol. The van der Waals surface area contributed by atoms with Gasteiger partial charge in [-0.2, -0.15) is 4.31 Å². The maximum atomic E-state index is 13.1. The van der Waals surface area contributed by atoms with Crippen LogP contribution in [-0.2, 0) is 14.8 Å². The van der Waals surface area contributed by atoms with Gasteiger partial charge in [0.1, 0.15) is 6.04 Å². The van der Waals surface area contributed by atoms with Crippen molar-refractivity contribution >= 4 is 26.8 Å². The van der Waals surface area contributed by atoms with Crippen molar-refractivity contribution in [2.75, 3.05) is 39.3 Å². The first-order valence-electron chi connectivity index (χ1n) is 12.6. The Bertz CT molecular complexity index is 1040. The molecule has 1 amide bonds. The van der Waals surface area contributed by atoms with E-state index in [2.05, 4.69) is 10.2 Å². The number of likely N-dealkylation sites (tertiary alicyclic amines) is 1. The summed E-state index contributed by atoms with van der Waals surface area (Å²) < 4.78 is 29.8. The number of fused-ring (bicyclic) bond motifs is 1. The second kappa shape index (κ2) is 11.0. The summed E-state index contributed by atoms with van der Waals surface area (Å²) in [6.45, 7) is 7.14. The largest absolute Gasteiger partial charge is 0.354 e. The summed E-state index contributed by atoms with van der Waals surface area (Å²) >= 11 is 0. The lowest BCUT2D eigenvalue weighted by molar-refractivity contribution is -0.123. The monoisotopic (exact) mass is 474 g/mol. The van der Waals surface area contributed by atoms with Crippen LogP contribution in [0, 0.1) is 0 Å². The fourth-order valence-electron chi connectivity index (χ4n) is 5.04. The Labute approximate surface area is 198 Å². The Morgan fingerprint density at radius 2 is 1.64 bits per heavy atom. The molecule has 7 nitrogen and oxygen atoms in total. The van der Waals surface area contributed by atoms with Gasteiger partial charge in [0.2, 0.25) is 15.9 Å². The van der Waals surface area contributed by atoms with E-state index in [4.69, 9.17) is 0 Å². The molecule has 0 saturated carbocycles. The van der Waals surface area contributed by atoms with Crippen LogP contribution in [-0.4, -0.2) is 67.4 Å². The molecular formula is C25H38N4O3S. The minimum absolute atomic E-state index is 0.00703. The van der Waals surface area contributed by atoms with Crippen LogP contribution in [0.4, 0.5) is 0 Å². The van der Waals surface area contributed by atoms with E-state index in [1.54, 1.807) is 16.4 Å². The lowest BCUT2D eigenvalue weighted by atomic mass is 10.1. The number of nitrogens with zero attached hydrogens (tertiary/aromatic N) is 3. The molecule has 3 heterocycles. The zero-order chi connectivity index (χ0) is 23.3. The van der Waals surface area contributed by atoms with Gasteiger partial charge in [-0.1, -0.05) is 19.3 Å². The number of carbonyl (C=O) groups excluding carboxylic acids is 1. The van der Waals surface area contributed by atoms with Crippen molar-refractivity contribution in [1.29, 1.82) is 0 Å². The third-order valence-corrected chi connectivity index (χ3v) is 8.99. The number of benzene rings is 1. The standard InChI is InChI=1S/C25H38N4O3S/c1-21(25(30)26-13-9-16-27-14-5-4-6-15-27)29-19-12-22-20-23(10-11-24(22)29)33(31,32)28-17-7-2-3-8-18-28/h10-12,19-21H,2-9,13-18H2,1H3,(H,26,30)/t21-/m0/s1. The van der Waals surface area contributed by atoms with E-state index in [1.165, 1.54) is 32.4 Å². The van der Waals surface area contributed by atoms with E-state index in [9.17, 15) is 13.2 Å². The maximum absolute atomic E-state index is 13.1. The van der Waals surface area contributed by atoms with E-state index in [0.717, 1.165) is 49.6 Å². The van der Waals surface area contributed by atoms with Crippen LogP contribution in [0.25, 0.3) is 10.9 Å². The van der Waals surface area contributed by atoms with Gasteiger partial charge in [0, 0.05) is 36.7 Å². The van der Waals surface area contributed by atoms with E-state index in [1.807, 2.05) is 29.8 Å². The quantitative estimate of drug-likeness (QED) is 0.591. The first-order chi connectivity index (χ1) is 16.0. The highest BCUT2D eigenvalue weighted by Crippen LogP contribution is 2.26. The van der Waals surface area contributed by atoms with Gasteiger partial charge in [-0.15, -0.1) is 0 Å². The molecule has 1 aromatic carbocycles. The van der Waals surface area contributed by atoms with Gasteiger partial charge >= 0.3 is 0 Å². The average molecular weight is 475 g/mol. The molecule has 33 heavy (non-hydrogen) atoms. The van der Waals surface area contributed by atoms with Crippen LogP contribution >= 0.6 is 0 Å². The molecule has 2 aliphatic heterocycles. The van der Waals surface area contributed by atoms with E-state index in [-0.39, 0.29) is 11.9 Å². The van der Waals surface area contributed by atoms with E-state index in [0.29, 0.717) is 24.5 Å². The molecule has 0 unspecified atom stereocenters. The topological polar surface area (TPSA) is 74.6 Å². The van der Waals surface area contributed by atoms with Crippen molar-refractivity contribution in [3.8, 4) is 0 Å². The van der Waals surface area contributed by atoms with Crippen LogP contribution < -0.4 is 5.32 Å². The van der Waals surface area contributed by atoms with Crippen LogP contribution in [0.2, 0.25) is 0 Å². The summed E-state index contributed by atoms with van der Waals surface area (Å²) in [5.41, 5.74) is 0.876. The van der Waals surface area contributed by atoms with Crippen molar-refractivity contribution < 1.29 is 13.2 Å². The third kappa shape index (κ3) is 5.78. The molecule has 2 aliphatic rings. The highest BCUT2D eigenvalue weighted by Gasteiger charge is 2.26. The number of nitrogens with one attached hydrogen (secondary N) is 1. The Morgan fingerprint density at radius 1 is 0.970 bits per heavy atom. The molecule has 2 fully saturated rings. The zero-order valence-electron chi connectivity index (χ0n) is 19.8. The molecule has 0 spiro atoms. The molecule has 1 N–H and O–H groups in total. The summed E-state index contributed by atoms with van der Waals surface area (Å²) in [6, 6.07) is 6.81. The second-order valence-electron chi connectivity index (χ2n) is 9.48. The summed E-state index contributed by atoms with van der Waals surface area (Å²) in [5, 5.41) is 3.91. The van der Waals surface area contributed by atoms with Gasteiger partial charge in [0.15, 0.2) is 0 Å².